The summed E-state index contributed by atoms with van der Waals surface area (Å²) in [5.74, 6) is 0.900. The number of aromatic nitrogens is 1. The standard InChI is InChI=1S/C28H26N2O/c1-3-17-31-28-26(22-11-6-4-7-12-22)18-25(19-27(28)23-13-8-5-9-14-23)30-21(2)24-15-10-16-29-20-24/h4-16,18-20H,3,17H2,1-2H3. The number of nitrogens with zero attached hydrogens (tertiary/aromatic N) is 2. The molecule has 0 bridgehead atoms. The Bertz CT molecular complexity index is 1090. The summed E-state index contributed by atoms with van der Waals surface area (Å²) in [6.45, 7) is 4.81. The Hall–Kier alpha value is -3.72. The Labute approximate surface area is 184 Å². The van der Waals surface area contributed by atoms with Gasteiger partial charge in [0.1, 0.15) is 5.75 Å². The molecule has 0 unspecified atom stereocenters. The molecule has 0 amide bonds. The van der Waals surface area contributed by atoms with E-state index in [-0.39, 0.29) is 0 Å². The van der Waals surface area contributed by atoms with Crippen LogP contribution in [0.3, 0.4) is 0 Å². The summed E-state index contributed by atoms with van der Waals surface area (Å²) in [6.07, 6.45) is 4.56. The maximum absolute atomic E-state index is 6.31. The molecule has 1 aromatic heterocycles. The third-order valence-electron chi connectivity index (χ3n) is 5.07. The van der Waals surface area contributed by atoms with E-state index < -0.39 is 0 Å². The van der Waals surface area contributed by atoms with Crippen LogP contribution in [0, 0.1) is 0 Å². The van der Waals surface area contributed by atoms with Gasteiger partial charge < -0.3 is 4.74 Å². The van der Waals surface area contributed by atoms with Gasteiger partial charge in [0.25, 0.3) is 0 Å². The predicted octanol–water partition coefficient (Wildman–Crippen LogP) is 7.35. The first-order valence-corrected chi connectivity index (χ1v) is 10.6. The summed E-state index contributed by atoms with van der Waals surface area (Å²) < 4.78 is 6.31. The Kier molecular flexibility index (Phi) is 6.53. The van der Waals surface area contributed by atoms with Crippen molar-refractivity contribution in [1.82, 2.24) is 4.98 Å². The number of aliphatic imine (C=N–C) groups is 1. The van der Waals surface area contributed by atoms with E-state index in [9.17, 15) is 0 Å². The van der Waals surface area contributed by atoms with Gasteiger partial charge in [0.05, 0.1) is 12.3 Å². The van der Waals surface area contributed by atoms with Crippen LogP contribution in [0.5, 0.6) is 5.75 Å². The fraction of sp³-hybridized carbons (Fsp3) is 0.143. The molecule has 0 radical (unpaired) electrons. The van der Waals surface area contributed by atoms with Gasteiger partial charge in [-0.3, -0.25) is 9.98 Å². The second-order valence-electron chi connectivity index (χ2n) is 7.39. The van der Waals surface area contributed by atoms with E-state index >= 15 is 0 Å². The smallest absolute Gasteiger partial charge is 0.135 e. The molecule has 0 aliphatic heterocycles. The van der Waals surface area contributed by atoms with Gasteiger partial charge in [0.2, 0.25) is 0 Å². The molecule has 3 heteroatoms. The highest BCUT2D eigenvalue weighted by Crippen LogP contribution is 2.42. The molecule has 154 valence electrons. The van der Waals surface area contributed by atoms with E-state index in [0.717, 1.165) is 51.4 Å². The lowest BCUT2D eigenvalue weighted by atomic mass is 9.96. The molecular formula is C28H26N2O. The lowest BCUT2D eigenvalue weighted by molar-refractivity contribution is 0.320. The molecule has 0 N–H and O–H groups in total. The number of benzene rings is 3. The molecule has 3 nitrogen and oxygen atoms in total. The van der Waals surface area contributed by atoms with Gasteiger partial charge in [-0.2, -0.15) is 0 Å². The fourth-order valence-corrected chi connectivity index (χ4v) is 3.54. The van der Waals surface area contributed by atoms with Crippen molar-refractivity contribution >= 4 is 11.4 Å². The van der Waals surface area contributed by atoms with Crippen molar-refractivity contribution in [3.8, 4) is 28.0 Å². The first kappa shape index (κ1) is 20.5. The SMILES string of the molecule is CCCOc1c(-c2ccccc2)cc(N=C(C)c2cccnc2)cc1-c1ccccc1. The van der Waals surface area contributed by atoms with Crippen LogP contribution in [-0.2, 0) is 0 Å². The highest BCUT2D eigenvalue weighted by atomic mass is 16.5. The number of hydrogen-bond donors (Lipinski definition) is 0. The van der Waals surface area contributed by atoms with Crippen molar-refractivity contribution in [2.24, 2.45) is 4.99 Å². The molecule has 4 aromatic rings. The normalized spacial score (nSPS) is 11.4. The Morgan fingerprint density at radius 1 is 0.839 bits per heavy atom. The van der Waals surface area contributed by atoms with E-state index in [1.165, 1.54) is 0 Å². The van der Waals surface area contributed by atoms with Gasteiger partial charge in [-0.1, -0.05) is 73.7 Å². The van der Waals surface area contributed by atoms with Crippen LogP contribution < -0.4 is 4.74 Å². The largest absolute Gasteiger partial charge is 0.492 e. The molecule has 3 aromatic carbocycles. The van der Waals surface area contributed by atoms with Crippen LogP contribution >= 0.6 is 0 Å². The summed E-state index contributed by atoms with van der Waals surface area (Å²) in [5, 5.41) is 0. The van der Waals surface area contributed by atoms with Gasteiger partial charge in [-0.25, -0.2) is 0 Å². The summed E-state index contributed by atoms with van der Waals surface area (Å²) >= 11 is 0. The van der Waals surface area contributed by atoms with E-state index in [0.29, 0.717) is 6.61 Å². The summed E-state index contributed by atoms with van der Waals surface area (Å²) in [4.78, 5) is 9.17. The zero-order valence-corrected chi connectivity index (χ0v) is 18.0. The maximum atomic E-state index is 6.31. The van der Waals surface area contributed by atoms with Gasteiger partial charge in [-0.15, -0.1) is 0 Å². The maximum Gasteiger partial charge on any atom is 0.135 e. The van der Waals surface area contributed by atoms with Crippen molar-refractivity contribution in [2.45, 2.75) is 20.3 Å². The molecule has 0 spiro atoms. The molecule has 1 heterocycles. The molecule has 0 aliphatic rings. The molecule has 4 rings (SSSR count). The average Bonchev–Trinajstić information content (AvgIpc) is 2.84. The topological polar surface area (TPSA) is 34.5 Å². The van der Waals surface area contributed by atoms with Crippen molar-refractivity contribution in [1.29, 1.82) is 0 Å². The highest BCUT2D eigenvalue weighted by Gasteiger charge is 2.16. The molecule has 0 aliphatic carbocycles. The molecule has 0 saturated heterocycles. The van der Waals surface area contributed by atoms with Crippen LogP contribution in [0.4, 0.5) is 5.69 Å². The van der Waals surface area contributed by atoms with Crippen molar-refractivity contribution in [3.05, 3.63) is 103 Å². The second kappa shape index (κ2) is 9.86. The highest BCUT2D eigenvalue weighted by molar-refractivity contribution is 6.00. The summed E-state index contributed by atoms with van der Waals surface area (Å²) in [7, 11) is 0. The van der Waals surface area contributed by atoms with E-state index in [2.05, 4.69) is 72.6 Å². The number of hydrogen-bond acceptors (Lipinski definition) is 3. The Balaban J connectivity index is 1.92. The zero-order chi connectivity index (χ0) is 21.5. The van der Waals surface area contributed by atoms with Crippen LogP contribution in [0.15, 0.2) is 102 Å². The van der Waals surface area contributed by atoms with Crippen molar-refractivity contribution in [2.75, 3.05) is 6.61 Å². The van der Waals surface area contributed by atoms with E-state index in [4.69, 9.17) is 9.73 Å². The second-order valence-corrected chi connectivity index (χ2v) is 7.39. The number of rotatable bonds is 7. The zero-order valence-electron chi connectivity index (χ0n) is 18.0. The predicted molar refractivity (Wildman–Crippen MR) is 129 cm³/mol. The van der Waals surface area contributed by atoms with Crippen LogP contribution in [0.2, 0.25) is 0 Å². The Morgan fingerprint density at radius 2 is 1.45 bits per heavy atom. The fourth-order valence-electron chi connectivity index (χ4n) is 3.54. The third kappa shape index (κ3) is 4.89. The summed E-state index contributed by atoms with van der Waals surface area (Å²) in [5.41, 5.74) is 7.15. The minimum absolute atomic E-state index is 0.664. The van der Waals surface area contributed by atoms with Crippen LogP contribution in [0.25, 0.3) is 22.3 Å². The van der Waals surface area contributed by atoms with Crippen molar-refractivity contribution in [3.63, 3.8) is 0 Å². The number of pyridine rings is 1. The van der Waals surface area contributed by atoms with E-state index in [1.54, 1.807) is 6.20 Å². The van der Waals surface area contributed by atoms with Crippen LogP contribution in [0.1, 0.15) is 25.8 Å². The Morgan fingerprint density at radius 3 is 1.97 bits per heavy atom. The minimum atomic E-state index is 0.664. The van der Waals surface area contributed by atoms with Gasteiger partial charge in [0, 0.05) is 34.8 Å². The van der Waals surface area contributed by atoms with Gasteiger partial charge >= 0.3 is 0 Å². The molecule has 0 saturated carbocycles. The quantitative estimate of drug-likeness (QED) is 0.301. The van der Waals surface area contributed by atoms with Gasteiger partial charge in [-0.05, 0) is 42.7 Å². The molecular weight excluding hydrogens is 380 g/mol. The number of ether oxygens (including phenoxy) is 1. The first-order valence-electron chi connectivity index (χ1n) is 10.6. The third-order valence-corrected chi connectivity index (χ3v) is 5.07. The summed E-state index contributed by atoms with van der Waals surface area (Å²) in [6, 6.07) is 28.9. The molecule has 31 heavy (non-hydrogen) atoms. The van der Waals surface area contributed by atoms with Gasteiger partial charge in [0.15, 0.2) is 0 Å². The minimum Gasteiger partial charge on any atom is -0.492 e. The molecule has 0 atom stereocenters. The van der Waals surface area contributed by atoms with E-state index in [1.807, 2.05) is 37.4 Å². The molecule has 0 fully saturated rings. The first-order chi connectivity index (χ1) is 15.3. The van der Waals surface area contributed by atoms with Crippen molar-refractivity contribution < 1.29 is 4.74 Å². The monoisotopic (exact) mass is 406 g/mol. The lowest BCUT2D eigenvalue weighted by Crippen LogP contribution is -2.00. The average molecular weight is 407 g/mol. The lowest BCUT2D eigenvalue weighted by Gasteiger charge is -2.18. The van der Waals surface area contributed by atoms with Crippen LogP contribution in [-0.4, -0.2) is 17.3 Å².